The predicted octanol–water partition coefficient (Wildman–Crippen LogP) is 3.00. The number of rotatable bonds is 4. The Morgan fingerprint density at radius 3 is 2.43 bits per heavy atom. The minimum absolute atomic E-state index is 0.119. The van der Waals surface area contributed by atoms with Gasteiger partial charge in [0.15, 0.2) is 0 Å². The van der Waals surface area contributed by atoms with Crippen molar-refractivity contribution in [3.05, 3.63) is 63.5 Å². The number of benzene rings is 1. The number of esters is 1. The molecule has 2 rings (SSSR count). The van der Waals surface area contributed by atoms with Gasteiger partial charge >= 0.3 is 5.97 Å². The molecule has 0 bridgehead atoms. The Bertz CT molecular complexity index is 674. The van der Waals surface area contributed by atoms with Gasteiger partial charge in [-0.1, -0.05) is 18.2 Å². The maximum absolute atomic E-state index is 12.1. The van der Waals surface area contributed by atoms with Crippen LogP contribution in [0.4, 0.5) is 0 Å². The van der Waals surface area contributed by atoms with Gasteiger partial charge < -0.3 is 10.1 Å². The first-order valence-electron chi connectivity index (χ1n) is 6.33. The normalized spacial score (nSPS) is 11.0. The molecule has 0 spiro atoms. The van der Waals surface area contributed by atoms with E-state index in [0.29, 0.717) is 5.56 Å². The van der Waals surface area contributed by atoms with Crippen LogP contribution >= 0.6 is 11.3 Å². The lowest BCUT2D eigenvalue weighted by atomic mass is 10.2. The number of carbonyl (C=O) groups excluding carboxylic acids is 2. The fraction of sp³-hybridized carbons (Fsp3) is 0.125. The molecule has 1 N–H and O–H groups in total. The Labute approximate surface area is 127 Å². The topological polar surface area (TPSA) is 55.4 Å². The first-order chi connectivity index (χ1) is 10.1. The molecule has 0 saturated heterocycles. The Balaban J connectivity index is 2.23. The monoisotopic (exact) mass is 301 g/mol. The summed E-state index contributed by atoms with van der Waals surface area (Å²) >= 11 is 1.53. The average molecular weight is 301 g/mol. The van der Waals surface area contributed by atoms with Crippen molar-refractivity contribution >= 4 is 29.3 Å². The lowest BCUT2D eigenvalue weighted by Gasteiger charge is -2.07. The standard InChI is InChI=1S/C16H15NO3S/c1-11-8-9-13(21-11)10-14(16(19)20-2)17-15(18)12-6-4-3-5-7-12/h3-10H,1-2H3,(H,17,18)/b14-10-. The van der Waals surface area contributed by atoms with E-state index < -0.39 is 5.97 Å². The summed E-state index contributed by atoms with van der Waals surface area (Å²) in [4.78, 5) is 25.9. The van der Waals surface area contributed by atoms with E-state index in [9.17, 15) is 9.59 Å². The molecule has 0 atom stereocenters. The number of ether oxygens (including phenoxy) is 1. The third kappa shape index (κ3) is 4.03. The number of methoxy groups -OCH3 is 1. The van der Waals surface area contributed by atoms with Gasteiger partial charge in [-0.2, -0.15) is 0 Å². The summed E-state index contributed by atoms with van der Waals surface area (Å²) in [5, 5.41) is 2.60. The zero-order chi connectivity index (χ0) is 15.2. The zero-order valence-electron chi connectivity index (χ0n) is 11.8. The van der Waals surface area contributed by atoms with E-state index in [1.54, 1.807) is 30.3 Å². The SMILES string of the molecule is COC(=O)/C(=C/c1ccc(C)s1)NC(=O)c1ccccc1. The van der Waals surface area contributed by atoms with E-state index in [4.69, 9.17) is 4.74 Å². The van der Waals surface area contributed by atoms with Crippen molar-refractivity contribution in [2.45, 2.75) is 6.92 Å². The van der Waals surface area contributed by atoms with E-state index in [1.165, 1.54) is 18.4 Å². The van der Waals surface area contributed by atoms with Crippen molar-refractivity contribution < 1.29 is 14.3 Å². The highest BCUT2D eigenvalue weighted by Crippen LogP contribution is 2.18. The largest absolute Gasteiger partial charge is 0.464 e. The van der Waals surface area contributed by atoms with Crippen molar-refractivity contribution in [1.82, 2.24) is 5.32 Å². The second-order valence-corrected chi connectivity index (χ2v) is 5.64. The third-order valence-electron chi connectivity index (χ3n) is 2.74. The van der Waals surface area contributed by atoms with E-state index in [2.05, 4.69) is 5.32 Å². The minimum Gasteiger partial charge on any atom is -0.464 e. The molecule has 0 aliphatic rings. The molecule has 108 valence electrons. The number of aryl methyl sites for hydroxylation is 1. The van der Waals surface area contributed by atoms with Crippen LogP contribution in [0.2, 0.25) is 0 Å². The summed E-state index contributed by atoms with van der Waals surface area (Å²) in [6.45, 7) is 1.97. The number of hydrogen-bond donors (Lipinski definition) is 1. The molecule has 0 fully saturated rings. The molecule has 0 radical (unpaired) electrons. The quantitative estimate of drug-likeness (QED) is 0.697. The fourth-order valence-electron chi connectivity index (χ4n) is 1.71. The lowest BCUT2D eigenvalue weighted by molar-refractivity contribution is -0.136. The van der Waals surface area contributed by atoms with Crippen molar-refractivity contribution in [2.75, 3.05) is 7.11 Å². The van der Waals surface area contributed by atoms with Crippen LogP contribution in [0.25, 0.3) is 6.08 Å². The van der Waals surface area contributed by atoms with Gasteiger partial charge in [0.2, 0.25) is 0 Å². The second kappa shape index (κ2) is 6.85. The van der Waals surface area contributed by atoms with Crippen LogP contribution in [0.3, 0.4) is 0 Å². The van der Waals surface area contributed by atoms with Crippen LogP contribution in [0.5, 0.6) is 0 Å². The number of hydrogen-bond acceptors (Lipinski definition) is 4. The molecule has 0 aliphatic carbocycles. The van der Waals surface area contributed by atoms with Crippen LogP contribution in [0.1, 0.15) is 20.1 Å². The molecular weight excluding hydrogens is 286 g/mol. The van der Waals surface area contributed by atoms with Crippen LogP contribution < -0.4 is 5.32 Å². The molecule has 1 amide bonds. The summed E-state index contributed by atoms with van der Waals surface area (Å²) in [7, 11) is 1.28. The molecule has 0 aliphatic heterocycles. The van der Waals surface area contributed by atoms with Crippen LogP contribution in [0, 0.1) is 6.92 Å². The molecule has 0 saturated carbocycles. The molecule has 1 aromatic heterocycles. The van der Waals surface area contributed by atoms with Gasteiger partial charge in [-0.3, -0.25) is 4.79 Å². The summed E-state index contributed by atoms with van der Waals surface area (Å²) < 4.78 is 4.71. The number of thiophene rings is 1. The zero-order valence-corrected chi connectivity index (χ0v) is 12.6. The van der Waals surface area contributed by atoms with E-state index in [1.807, 2.05) is 25.1 Å². The fourth-order valence-corrected chi connectivity index (χ4v) is 2.53. The summed E-state index contributed by atoms with van der Waals surface area (Å²) in [6, 6.07) is 12.5. The lowest BCUT2D eigenvalue weighted by Crippen LogP contribution is -2.27. The molecule has 4 nitrogen and oxygen atoms in total. The predicted molar refractivity (Wildman–Crippen MR) is 83.0 cm³/mol. The van der Waals surface area contributed by atoms with Gasteiger partial charge in [0, 0.05) is 15.3 Å². The molecule has 1 aromatic carbocycles. The molecule has 0 unspecified atom stereocenters. The van der Waals surface area contributed by atoms with Gasteiger partial charge in [-0.25, -0.2) is 4.79 Å². The Hall–Kier alpha value is -2.40. The Kier molecular flexibility index (Phi) is 4.90. The highest BCUT2D eigenvalue weighted by atomic mass is 32.1. The second-order valence-electron chi connectivity index (χ2n) is 4.32. The summed E-state index contributed by atoms with van der Waals surface area (Å²) in [5.74, 6) is -0.925. The van der Waals surface area contributed by atoms with E-state index >= 15 is 0 Å². The number of nitrogens with one attached hydrogen (secondary N) is 1. The minimum atomic E-state index is -0.578. The summed E-state index contributed by atoms with van der Waals surface area (Å²) in [5.41, 5.74) is 0.600. The average Bonchev–Trinajstić information content (AvgIpc) is 2.91. The van der Waals surface area contributed by atoms with Gasteiger partial charge in [0.25, 0.3) is 5.91 Å². The summed E-state index contributed by atoms with van der Waals surface area (Å²) in [6.07, 6.45) is 1.62. The van der Waals surface area contributed by atoms with E-state index in [-0.39, 0.29) is 11.6 Å². The smallest absolute Gasteiger partial charge is 0.354 e. The van der Waals surface area contributed by atoms with Crippen molar-refractivity contribution in [1.29, 1.82) is 0 Å². The Morgan fingerprint density at radius 2 is 1.86 bits per heavy atom. The number of carbonyl (C=O) groups is 2. The molecule has 5 heteroatoms. The third-order valence-corrected chi connectivity index (χ3v) is 3.68. The van der Waals surface area contributed by atoms with Crippen LogP contribution in [-0.4, -0.2) is 19.0 Å². The molecule has 1 heterocycles. The number of amides is 1. The van der Waals surface area contributed by atoms with Gasteiger partial charge in [-0.15, -0.1) is 11.3 Å². The van der Waals surface area contributed by atoms with Crippen molar-refractivity contribution in [2.24, 2.45) is 0 Å². The van der Waals surface area contributed by atoms with E-state index in [0.717, 1.165) is 9.75 Å². The van der Waals surface area contributed by atoms with Crippen molar-refractivity contribution in [3.63, 3.8) is 0 Å². The first-order valence-corrected chi connectivity index (χ1v) is 7.14. The van der Waals surface area contributed by atoms with Crippen molar-refractivity contribution in [3.8, 4) is 0 Å². The van der Waals surface area contributed by atoms with Gasteiger partial charge in [0.1, 0.15) is 5.70 Å². The Morgan fingerprint density at radius 1 is 1.14 bits per heavy atom. The highest BCUT2D eigenvalue weighted by molar-refractivity contribution is 7.12. The maximum Gasteiger partial charge on any atom is 0.354 e. The molecule has 21 heavy (non-hydrogen) atoms. The van der Waals surface area contributed by atoms with Crippen LogP contribution in [0.15, 0.2) is 48.2 Å². The molecular formula is C16H15NO3S. The van der Waals surface area contributed by atoms with Gasteiger partial charge in [0.05, 0.1) is 7.11 Å². The van der Waals surface area contributed by atoms with Gasteiger partial charge in [-0.05, 0) is 37.3 Å². The van der Waals surface area contributed by atoms with Crippen LogP contribution in [-0.2, 0) is 9.53 Å². The highest BCUT2D eigenvalue weighted by Gasteiger charge is 2.15. The first kappa shape index (κ1) is 15.0. The molecule has 2 aromatic rings. The maximum atomic E-state index is 12.1.